The minimum Gasteiger partial charge on any atom is -0.463 e. The number of aliphatic hydroxyl groups excluding tert-OH is 2. The summed E-state index contributed by atoms with van der Waals surface area (Å²) < 4.78 is 61.3. The van der Waals surface area contributed by atoms with Gasteiger partial charge in [-0.2, -0.15) is 0 Å². The van der Waals surface area contributed by atoms with E-state index in [-0.39, 0.29) is 19.3 Å². The summed E-state index contributed by atoms with van der Waals surface area (Å²) in [5.74, 6) is -1.58. The van der Waals surface area contributed by atoms with E-state index in [9.17, 15) is 43.5 Å². The number of hydrogen-bond acceptors (Lipinski definition) is 14. The van der Waals surface area contributed by atoms with Crippen molar-refractivity contribution in [1.82, 2.24) is 0 Å². The molecule has 0 amide bonds. The molecule has 113 heavy (non-hydrogen) atoms. The van der Waals surface area contributed by atoms with Gasteiger partial charge in [-0.15, -0.1) is 0 Å². The van der Waals surface area contributed by atoms with Gasteiger partial charge in [0.1, 0.15) is 25.4 Å². The van der Waals surface area contributed by atoms with E-state index in [0.717, 1.165) is 161 Å². The van der Waals surface area contributed by atoms with Gasteiger partial charge in [-0.1, -0.05) is 366 Å². The fourth-order valence-corrected chi connectivity index (χ4v) is 13.8. The first-order chi connectivity index (χ1) is 55.2. The number of ether oxygens (including phenoxy) is 3. The smallest absolute Gasteiger partial charge is 0.463 e. The molecule has 0 aromatic rings. The summed E-state index contributed by atoms with van der Waals surface area (Å²) in [5.41, 5.74) is 0. The molecule has 16 nitrogen and oxygen atoms in total. The van der Waals surface area contributed by atoms with Crippen LogP contribution in [0.1, 0.15) is 380 Å². The van der Waals surface area contributed by atoms with Crippen molar-refractivity contribution in [2.24, 2.45) is 0 Å². The van der Waals surface area contributed by atoms with Gasteiger partial charge >= 0.3 is 33.6 Å². The van der Waals surface area contributed by atoms with E-state index in [1.54, 1.807) is 0 Å². The largest absolute Gasteiger partial charge is 0.472 e. The third-order valence-corrected chi connectivity index (χ3v) is 20.9. The van der Waals surface area contributed by atoms with Crippen LogP contribution in [0.25, 0.3) is 0 Å². The topological polar surface area (TPSA) is 231 Å². The van der Waals surface area contributed by atoms with Gasteiger partial charge in [-0.05, 0) is 141 Å². The lowest BCUT2D eigenvalue weighted by Crippen LogP contribution is -2.30. The lowest BCUT2D eigenvalue weighted by molar-refractivity contribution is -0.161. The Balaban J connectivity index is 4.41. The number of unbranched alkanes of at least 4 members (excludes halogenated alkanes) is 38. The molecule has 0 radical (unpaired) electrons. The van der Waals surface area contributed by atoms with E-state index in [1.807, 2.05) is 0 Å². The van der Waals surface area contributed by atoms with Gasteiger partial charge < -0.3 is 34.2 Å². The molecule has 0 aromatic carbocycles. The predicted octanol–water partition coefficient (Wildman–Crippen LogP) is 27.6. The Kier molecular flexibility index (Phi) is 83.3. The van der Waals surface area contributed by atoms with Crippen molar-refractivity contribution in [3.8, 4) is 0 Å². The molecule has 0 fully saturated rings. The van der Waals surface area contributed by atoms with Crippen LogP contribution in [-0.2, 0) is 55.8 Å². The van der Waals surface area contributed by atoms with Gasteiger partial charge in [-0.3, -0.25) is 32.5 Å². The minimum atomic E-state index is -4.94. The molecular formula is C95H164O16P2. The lowest BCUT2D eigenvalue weighted by Gasteiger charge is -2.21. The van der Waals surface area contributed by atoms with Crippen LogP contribution in [0, 0.1) is 0 Å². The molecule has 0 saturated heterocycles. The Bertz CT molecular complexity index is 2630. The standard InChI is InChI=1S/C95H164O16P2/c1-4-7-10-13-16-19-22-25-27-29-31-33-35-37-39-41-43-44-46-48-49-51-53-55-57-59-61-64-66-69-72-75-78-81-93(98)105-84-90(96)85-107-112(101,102)108-86-91(97)87-109-113(103,104)110-89-92(111-95(100)83-80-77-74-71-68-63-24-21-18-15-12-9-6-3)88-106-94(99)82-79-76-73-70-67-65-62-60-58-56-54-52-50-47-45-42-40-38-36-34-32-30-28-26-23-20-17-14-11-8-5-2/h7-8,10-11,16-17,19-21,24-28,31-34,37-40,45,47,90-92,96-97H,4-6,9,12-15,18,22-23,29-30,35-36,41-44,46,48-89H2,1-3H3,(H,101,102)(H,103,104)/b10-7-,11-8-,19-16-,20-17-,24-21-,27-25-,28-26-,33-31-,34-32-,39-37-,40-38-,47-45-. The van der Waals surface area contributed by atoms with E-state index in [0.29, 0.717) is 19.3 Å². The third-order valence-electron chi connectivity index (χ3n) is 19.0. The third kappa shape index (κ3) is 88.1. The average molecular weight is 1620 g/mol. The molecule has 0 spiro atoms. The van der Waals surface area contributed by atoms with Crippen LogP contribution in [0.2, 0.25) is 0 Å². The number of carbonyl (C=O) groups excluding carboxylic acids is 3. The zero-order valence-electron chi connectivity index (χ0n) is 71.5. The molecule has 18 heteroatoms. The van der Waals surface area contributed by atoms with Crippen molar-refractivity contribution < 1.29 is 75.8 Å². The monoisotopic (exact) mass is 1620 g/mol. The van der Waals surface area contributed by atoms with E-state index in [1.165, 1.54) is 161 Å². The summed E-state index contributed by atoms with van der Waals surface area (Å²) in [7, 11) is -9.80. The van der Waals surface area contributed by atoms with E-state index >= 15 is 0 Å². The van der Waals surface area contributed by atoms with Crippen LogP contribution >= 0.6 is 15.6 Å². The molecule has 5 atom stereocenters. The van der Waals surface area contributed by atoms with Crippen LogP contribution < -0.4 is 0 Å². The molecule has 650 valence electrons. The van der Waals surface area contributed by atoms with Gasteiger partial charge in [0.15, 0.2) is 6.10 Å². The molecule has 0 aliphatic carbocycles. The van der Waals surface area contributed by atoms with E-state index in [2.05, 4.69) is 167 Å². The van der Waals surface area contributed by atoms with E-state index in [4.69, 9.17) is 32.3 Å². The number of rotatable bonds is 85. The number of phosphoric acid groups is 2. The summed E-state index contributed by atoms with van der Waals surface area (Å²) in [4.78, 5) is 58.8. The van der Waals surface area contributed by atoms with Crippen molar-refractivity contribution in [3.05, 3.63) is 146 Å². The fraction of sp³-hybridized carbons (Fsp3) is 0.716. The van der Waals surface area contributed by atoms with Crippen molar-refractivity contribution >= 4 is 33.6 Å². The van der Waals surface area contributed by atoms with Gasteiger partial charge in [0.2, 0.25) is 0 Å². The molecule has 5 unspecified atom stereocenters. The number of allylic oxidation sites excluding steroid dienone is 24. The first kappa shape index (κ1) is 108. The number of carbonyl (C=O) groups is 3. The molecule has 0 aromatic heterocycles. The highest BCUT2D eigenvalue weighted by Crippen LogP contribution is 2.45. The molecule has 0 saturated carbocycles. The number of esters is 3. The molecule has 4 N–H and O–H groups in total. The molecule has 0 rings (SSSR count). The summed E-state index contributed by atoms with van der Waals surface area (Å²) in [6.07, 6.45) is 109. The van der Waals surface area contributed by atoms with Crippen LogP contribution in [0.3, 0.4) is 0 Å². The predicted molar refractivity (Wildman–Crippen MR) is 473 cm³/mol. The number of aliphatic hydroxyl groups is 2. The molecule has 0 heterocycles. The first-order valence-electron chi connectivity index (χ1n) is 45.1. The Hall–Kier alpha value is -4.57. The molecule has 0 aliphatic rings. The van der Waals surface area contributed by atoms with Crippen molar-refractivity contribution in [2.75, 3.05) is 39.6 Å². The fourth-order valence-electron chi connectivity index (χ4n) is 12.2. The van der Waals surface area contributed by atoms with Gasteiger partial charge in [0, 0.05) is 19.3 Å². The SMILES string of the molecule is CC/C=C\C/C=C\C/C=C\C/C=C\C/C=C\C/C=C\CCCCCCCCCCCCCCC(=O)OCC(COP(=O)(O)OCC(O)COP(=O)(O)OCC(O)COC(=O)CCCCCCCCCCCCCCCCCCC/C=C\C/C=C\C/C=C\C/C=C\C/C=C\CC)OC(=O)CCCCCCC/C=C\CCCCCC. The Morgan fingerprint density at radius 2 is 0.469 bits per heavy atom. The summed E-state index contributed by atoms with van der Waals surface area (Å²) in [6, 6.07) is 0. The molecule has 0 aliphatic heterocycles. The van der Waals surface area contributed by atoms with Crippen LogP contribution in [0.4, 0.5) is 0 Å². The van der Waals surface area contributed by atoms with Crippen molar-refractivity contribution in [1.29, 1.82) is 0 Å². The first-order valence-corrected chi connectivity index (χ1v) is 48.1. The zero-order chi connectivity index (χ0) is 82.2. The second kappa shape index (κ2) is 86.8. The highest BCUT2D eigenvalue weighted by atomic mass is 31.2. The van der Waals surface area contributed by atoms with Crippen LogP contribution in [0.15, 0.2) is 146 Å². The second-order valence-electron chi connectivity index (χ2n) is 30.0. The highest BCUT2D eigenvalue weighted by Gasteiger charge is 2.29. The van der Waals surface area contributed by atoms with E-state index < -0.39 is 91.5 Å². The normalized spacial score (nSPS) is 14.5. The maximum absolute atomic E-state index is 13.0. The summed E-state index contributed by atoms with van der Waals surface area (Å²) >= 11 is 0. The summed E-state index contributed by atoms with van der Waals surface area (Å²) in [5, 5.41) is 20.7. The maximum atomic E-state index is 13.0. The molecular weight excluding hydrogens is 1460 g/mol. The molecule has 0 bridgehead atoms. The minimum absolute atomic E-state index is 0.0933. The quantitative estimate of drug-likeness (QED) is 0.0146. The van der Waals surface area contributed by atoms with Gasteiger partial charge in [0.05, 0.1) is 26.4 Å². The van der Waals surface area contributed by atoms with Crippen LogP contribution in [0.5, 0.6) is 0 Å². The van der Waals surface area contributed by atoms with Crippen molar-refractivity contribution in [3.63, 3.8) is 0 Å². The highest BCUT2D eigenvalue weighted by molar-refractivity contribution is 7.47. The number of hydrogen-bond donors (Lipinski definition) is 4. The van der Waals surface area contributed by atoms with Gasteiger partial charge in [-0.25, -0.2) is 9.13 Å². The Labute approximate surface area is 689 Å². The maximum Gasteiger partial charge on any atom is 0.472 e. The second-order valence-corrected chi connectivity index (χ2v) is 32.9. The van der Waals surface area contributed by atoms with Gasteiger partial charge in [0.25, 0.3) is 0 Å². The zero-order valence-corrected chi connectivity index (χ0v) is 73.3. The van der Waals surface area contributed by atoms with Crippen LogP contribution in [-0.4, -0.2) is 95.9 Å². The lowest BCUT2D eigenvalue weighted by atomic mass is 10.0. The Morgan fingerprint density at radius 3 is 0.752 bits per heavy atom. The average Bonchev–Trinajstić information content (AvgIpc) is 0.887. The Morgan fingerprint density at radius 1 is 0.257 bits per heavy atom. The number of phosphoric ester groups is 2. The summed E-state index contributed by atoms with van der Waals surface area (Å²) in [6.45, 7) is 2.47. The van der Waals surface area contributed by atoms with Crippen molar-refractivity contribution in [2.45, 2.75) is 399 Å².